The lowest BCUT2D eigenvalue weighted by Gasteiger charge is -2.38. The fourth-order valence-electron chi connectivity index (χ4n) is 4.05. The number of nitrogens with zero attached hydrogens (tertiary/aromatic N) is 2. The van der Waals surface area contributed by atoms with Crippen molar-refractivity contribution < 1.29 is 14.4 Å². The third-order valence-electron chi connectivity index (χ3n) is 5.77. The number of likely N-dealkylation sites (tertiary alicyclic amines) is 1. The van der Waals surface area contributed by atoms with Gasteiger partial charge in [-0.2, -0.15) is 0 Å². The van der Waals surface area contributed by atoms with Gasteiger partial charge in [0.25, 0.3) is 5.91 Å². The van der Waals surface area contributed by atoms with Gasteiger partial charge in [-0.3, -0.25) is 9.59 Å². The Bertz CT molecular complexity index is 940. The summed E-state index contributed by atoms with van der Waals surface area (Å²) in [5.41, 5.74) is 3.05. The van der Waals surface area contributed by atoms with Gasteiger partial charge in [-0.05, 0) is 30.9 Å². The zero-order valence-corrected chi connectivity index (χ0v) is 17.3. The van der Waals surface area contributed by atoms with Crippen molar-refractivity contribution in [2.75, 3.05) is 13.1 Å². The van der Waals surface area contributed by atoms with Gasteiger partial charge >= 0.3 is 0 Å². The third-order valence-corrected chi connectivity index (χ3v) is 5.77. The fraction of sp³-hybridized carbons (Fsp3) is 0.375. The highest BCUT2D eigenvalue weighted by Gasteiger charge is 2.45. The van der Waals surface area contributed by atoms with E-state index >= 15 is 0 Å². The van der Waals surface area contributed by atoms with Gasteiger partial charge in [0.15, 0.2) is 5.60 Å². The summed E-state index contributed by atoms with van der Waals surface area (Å²) >= 11 is 0. The summed E-state index contributed by atoms with van der Waals surface area (Å²) in [6.07, 6.45) is 2.44. The molecule has 1 N–H and O–H groups in total. The molecule has 1 spiro atoms. The molecule has 6 heteroatoms. The molecule has 2 aliphatic heterocycles. The molecule has 156 valence electrons. The molecule has 2 aromatic rings. The van der Waals surface area contributed by atoms with E-state index in [2.05, 4.69) is 10.5 Å². The summed E-state index contributed by atoms with van der Waals surface area (Å²) in [6.45, 7) is 3.67. The van der Waals surface area contributed by atoms with Gasteiger partial charge in [0, 0.05) is 19.5 Å². The molecule has 0 bridgehead atoms. The Morgan fingerprint density at radius 1 is 1.10 bits per heavy atom. The Kier molecular flexibility index (Phi) is 5.84. The number of carbonyl (C=O) groups is 2. The molecule has 6 nitrogen and oxygen atoms in total. The van der Waals surface area contributed by atoms with Crippen LogP contribution in [0.1, 0.15) is 36.0 Å². The maximum atomic E-state index is 12.8. The van der Waals surface area contributed by atoms with Crippen LogP contribution >= 0.6 is 0 Å². The molecule has 1 atom stereocenters. The van der Waals surface area contributed by atoms with Crippen LogP contribution in [-0.4, -0.2) is 41.1 Å². The van der Waals surface area contributed by atoms with E-state index in [0.717, 1.165) is 24.0 Å². The summed E-state index contributed by atoms with van der Waals surface area (Å²) in [5, 5.41) is 7.00. The molecule has 2 amide bonds. The molecule has 30 heavy (non-hydrogen) atoms. The zero-order chi connectivity index (χ0) is 21.0. The van der Waals surface area contributed by atoms with E-state index in [4.69, 9.17) is 4.84 Å². The highest BCUT2D eigenvalue weighted by atomic mass is 16.7. The molecule has 1 fully saturated rings. The monoisotopic (exact) mass is 405 g/mol. The number of oxime groups is 1. The van der Waals surface area contributed by atoms with Crippen LogP contribution in [0.25, 0.3) is 0 Å². The van der Waals surface area contributed by atoms with E-state index in [-0.39, 0.29) is 11.8 Å². The Morgan fingerprint density at radius 3 is 2.63 bits per heavy atom. The van der Waals surface area contributed by atoms with Crippen molar-refractivity contribution >= 4 is 17.5 Å². The smallest absolute Gasteiger partial charge is 0.269 e. The minimum Gasteiger partial charge on any atom is -0.386 e. The summed E-state index contributed by atoms with van der Waals surface area (Å²) < 4.78 is 0. The number of nitrogens with one attached hydrogen (secondary N) is 1. The number of amides is 2. The lowest BCUT2D eigenvalue weighted by molar-refractivity contribution is -0.139. The highest BCUT2D eigenvalue weighted by molar-refractivity contribution is 6.39. The topological polar surface area (TPSA) is 71.0 Å². The van der Waals surface area contributed by atoms with Crippen molar-refractivity contribution in [3.05, 3.63) is 71.3 Å². The molecule has 0 unspecified atom stereocenters. The number of rotatable bonds is 5. The molecular weight excluding hydrogens is 378 g/mol. The Morgan fingerprint density at radius 2 is 1.87 bits per heavy atom. The average molecular weight is 405 g/mol. The largest absolute Gasteiger partial charge is 0.386 e. The second-order valence-corrected chi connectivity index (χ2v) is 8.24. The summed E-state index contributed by atoms with van der Waals surface area (Å²) in [6, 6.07) is 17.8. The van der Waals surface area contributed by atoms with Gasteiger partial charge < -0.3 is 15.1 Å². The lowest BCUT2D eigenvalue weighted by atomic mass is 9.87. The van der Waals surface area contributed by atoms with Crippen LogP contribution < -0.4 is 5.32 Å². The summed E-state index contributed by atoms with van der Waals surface area (Å²) in [4.78, 5) is 32.9. The quantitative estimate of drug-likeness (QED) is 0.831. The van der Waals surface area contributed by atoms with E-state index in [9.17, 15) is 9.59 Å². The number of carbonyl (C=O) groups excluding carboxylic acids is 2. The van der Waals surface area contributed by atoms with Crippen molar-refractivity contribution in [2.24, 2.45) is 5.16 Å². The van der Waals surface area contributed by atoms with Gasteiger partial charge in [-0.1, -0.05) is 65.3 Å². The van der Waals surface area contributed by atoms with Gasteiger partial charge in [-0.15, -0.1) is 0 Å². The molecule has 1 saturated heterocycles. The molecule has 4 rings (SSSR count). The van der Waals surface area contributed by atoms with Crippen molar-refractivity contribution in [3.63, 3.8) is 0 Å². The first kappa shape index (κ1) is 20.1. The fourth-order valence-corrected chi connectivity index (χ4v) is 4.05. The second kappa shape index (κ2) is 8.69. The minimum absolute atomic E-state index is 0.0844. The average Bonchev–Trinajstić information content (AvgIpc) is 3.17. The van der Waals surface area contributed by atoms with Crippen LogP contribution in [0.4, 0.5) is 0 Å². The summed E-state index contributed by atoms with van der Waals surface area (Å²) in [5.74, 6) is -0.124. The Labute approximate surface area is 176 Å². The SMILES string of the molecule is Cc1ccc(CNC(=O)C2=NO[C@]3(CCCN(C(=O)Cc4ccccc4)C3)C2)cc1. The van der Waals surface area contributed by atoms with Gasteiger partial charge in [0.2, 0.25) is 5.91 Å². The first-order valence-corrected chi connectivity index (χ1v) is 10.4. The van der Waals surface area contributed by atoms with Crippen LogP contribution in [0.5, 0.6) is 0 Å². The van der Waals surface area contributed by atoms with Crippen LogP contribution in [0.3, 0.4) is 0 Å². The second-order valence-electron chi connectivity index (χ2n) is 8.24. The molecule has 0 aliphatic carbocycles. The molecule has 2 heterocycles. The predicted octanol–water partition coefficient (Wildman–Crippen LogP) is 2.99. The van der Waals surface area contributed by atoms with E-state index < -0.39 is 5.60 Å². The minimum atomic E-state index is -0.582. The zero-order valence-electron chi connectivity index (χ0n) is 17.3. The van der Waals surface area contributed by atoms with E-state index in [0.29, 0.717) is 38.2 Å². The Balaban J connectivity index is 1.31. The standard InChI is InChI=1S/C24H27N3O3/c1-18-8-10-20(11-9-18)16-25-23(29)21-15-24(30-26-21)12-5-13-27(17-24)22(28)14-19-6-3-2-4-7-19/h2-4,6-11H,5,12-17H2,1H3,(H,25,29)/t24-/m1/s1. The molecular formula is C24H27N3O3. The number of benzene rings is 2. The molecule has 0 saturated carbocycles. The predicted molar refractivity (Wildman–Crippen MR) is 115 cm³/mol. The maximum Gasteiger partial charge on any atom is 0.269 e. The van der Waals surface area contributed by atoms with Crippen LogP contribution in [0.2, 0.25) is 0 Å². The van der Waals surface area contributed by atoms with Crippen molar-refractivity contribution in [1.29, 1.82) is 0 Å². The number of aryl methyl sites for hydroxylation is 1. The van der Waals surface area contributed by atoms with Gasteiger partial charge in [0.05, 0.1) is 13.0 Å². The third kappa shape index (κ3) is 4.70. The van der Waals surface area contributed by atoms with Gasteiger partial charge in [0.1, 0.15) is 5.71 Å². The van der Waals surface area contributed by atoms with Crippen LogP contribution in [0.15, 0.2) is 59.8 Å². The van der Waals surface area contributed by atoms with Crippen molar-refractivity contribution in [2.45, 2.75) is 44.8 Å². The van der Waals surface area contributed by atoms with Crippen molar-refractivity contribution in [1.82, 2.24) is 10.2 Å². The molecule has 0 aromatic heterocycles. The van der Waals surface area contributed by atoms with E-state index in [1.807, 2.05) is 66.4 Å². The van der Waals surface area contributed by atoms with Crippen molar-refractivity contribution in [3.8, 4) is 0 Å². The van der Waals surface area contributed by atoms with E-state index in [1.54, 1.807) is 0 Å². The number of hydrogen-bond acceptors (Lipinski definition) is 4. The van der Waals surface area contributed by atoms with Gasteiger partial charge in [-0.25, -0.2) is 0 Å². The number of piperidine rings is 1. The van der Waals surface area contributed by atoms with Crippen LogP contribution in [0, 0.1) is 6.92 Å². The molecule has 2 aromatic carbocycles. The van der Waals surface area contributed by atoms with E-state index in [1.165, 1.54) is 5.56 Å². The number of hydrogen-bond donors (Lipinski definition) is 1. The first-order chi connectivity index (χ1) is 14.5. The molecule has 0 radical (unpaired) electrons. The first-order valence-electron chi connectivity index (χ1n) is 10.4. The lowest BCUT2D eigenvalue weighted by Crippen LogP contribution is -2.51. The maximum absolute atomic E-state index is 12.8. The normalized spacial score (nSPS) is 20.6. The summed E-state index contributed by atoms with van der Waals surface area (Å²) in [7, 11) is 0. The van der Waals surface area contributed by atoms with Crippen LogP contribution in [-0.2, 0) is 27.4 Å². The Hall–Kier alpha value is -3.15. The highest BCUT2D eigenvalue weighted by Crippen LogP contribution is 2.33. The molecule has 2 aliphatic rings.